The Morgan fingerprint density at radius 1 is 0.647 bits per heavy atom. The minimum Gasteiger partial charge on any atom is -1.00 e. The van der Waals surface area contributed by atoms with Crippen LogP contribution in [0.5, 0.6) is 17.2 Å². The fourth-order valence-corrected chi connectivity index (χ4v) is 5.75. The van der Waals surface area contributed by atoms with Gasteiger partial charge in [-0.2, -0.15) is 0 Å². The van der Waals surface area contributed by atoms with Crippen LogP contribution in [0, 0.1) is 0 Å². The molecule has 0 amide bonds. The zero-order valence-electron chi connectivity index (χ0n) is 31.3. The Bertz CT molecular complexity index is 1710. The maximum atomic E-state index is 10.2. The molecule has 0 unspecified atom stereocenters. The van der Waals surface area contributed by atoms with Crippen LogP contribution in [-0.2, 0) is 23.6 Å². The van der Waals surface area contributed by atoms with Crippen LogP contribution in [0.1, 0.15) is 88.8 Å². The zero-order chi connectivity index (χ0) is 35.0. The van der Waals surface area contributed by atoms with E-state index >= 15 is 0 Å². The number of hydrogen-bond donors (Lipinski definition) is 2. The number of rotatable bonds is 8. The van der Waals surface area contributed by atoms with Crippen molar-refractivity contribution in [1.29, 1.82) is 0 Å². The first-order valence-electron chi connectivity index (χ1n) is 17.6. The second-order valence-electron chi connectivity index (χ2n) is 13.0. The number of carbonyl (C=O) groups is 1. The molecule has 3 aliphatic carbocycles. The van der Waals surface area contributed by atoms with Crippen molar-refractivity contribution in [1.82, 2.24) is 0 Å². The fourth-order valence-electron chi connectivity index (χ4n) is 5.48. The van der Waals surface area contributed by atoms with Gasteiger partial charge >= 0.3 is 23.1 Å². The van der Waals surface area contributed by atoms with E-state index in [0.717, 1.165) is 71.5 Å². The van der Waals surface area contributed by atoms with Gasteiger partial charge in [-0.1, -0.05) is 107 Å². The van der Waals surface area contributed by atoms with Crippen LogP contribution < -0.4 is 9.47 Å². The third-order valence-corrected chi connectivity index (χ3v) is 9.79. The molecule has 5 aromatic carbocycles. The molecule has 5 nitrogen and oxygen atoms in total. The molecular weight excluding hydrogens is 713 g/mol. The molecule has 0 bridgehead atoms. The van der Waals surface area contributed by atoms with Crippen LogP contribution in [0.3, 0.4) is 0 Å². The topological polar surface area (TPSA) is 76.0 Å². The summed E-state index contributed by atoms with van der Waals surface area (Å²) in [6, 6.07) is 43.5. The molecule has 0 aromatic heterocycles. The van der Waals surface area contributed by atoms with E-state index in [9.17, 15) is 9.90 Å². The van der Waals surface area contributed by atoms with Gasteiger partial charge in [0.25, 0.3) is 0 Å². The number of ketones is 1. The van der Waals surface area contributed by atoms with Crippen molar-refractivity contribution >= 4 is 44.8 Å². The SMILES string of the molecule is Brc1ccc(OCc2ccccc2)cc1.O=C1CCC1.OC1(c2ccc(OCc3ccccc3)cc2)CCC1.Oc1ccc(C2CCC2)cc1.[H-].[H-].[Mg+2]. The van der Waals surface area contributed by atoms with Crippen molar-refractivity contribution in [3.63, 3.8) is 0 Å². The second-order valence-corrected chi connectivity index (χ2v) is 13.9. The Kier molecular flexibility index (Phi) is 16.6. The normalized spacial score (nSPS) is 15.1. The molecule has 3 saturated carbocycles. The van der Waals surface area contributed by atoms with E-state index in [4.69, 9.17) is 14.6 Å². The zero-order valence-corrected chi connectivity index (χ0v) is 32.3. The summed E-state index contributed by atoms with van der Waals surface area (Å²) in [6.45, 7) is 1.19. The summed E-state index contributed by atoms with van der Waals surface area (Å²) in [5.41, 5.74) is 4.14. The molecule has 3 fully saturated rings. The van der Waals surface area contributed by atoms with Gasteiger partial charge in [0.05, 0.1) is 5.60 Å². The third kappa shape index (κ3) is 13.5. The number of ether oxygens (including phenoxy) is 2. The average Bonchev–Trinajstić information content (AvgIpc) is 3.11. The first-order valence-corrected chi connectivity index (χ1v) is 18.4. The van der Waals surface area contributed by atoms with Gasteiger partial charge in [0, 0.05) is 17.3 Å². The largest absolute Gasteiger partial charge is 2.00 e. The number of aliphatic hydroxyl groups is 1. The van der Waals surface area contributed by atoms with Crippen LogP contribution in [0.4, 0.5) is 0 Å². The van der Waals surface area contributed by atoms with Crippen LogP contribution in [0.2, 0.25) is 0 Å². The third-order valence-electron chi connectivity index (χ3n) is 9.26. The standard InChI is InChI=1S/C17H18O2.C13H11BrO.C10H12O.C4H6O.Mg.2H/c18-17(11-4-12-17)15-7-9-16(10-8-15)19-13-14-5-2-1-3-6-14;14-12-6-8-13(9-7-12)15-10-11-4-2-1-3-5-11;11-10-6-4-9(5-7-10)8-2-1-3-8;5-4-2-1-3-4;;;/h1-3,5-10,18H,4,11-13H2;1-9H,10H2;4-8,11H,1-3H2;1-3H2;;;/q;;;;+2;2*-1. The van der Waals surface area contributed by atoms with Crippen molar-refractivity contribution in [2.45, 2.75) is 82.5 Å². The van der Waals surface area contributed by atoms with Gasteiger partial charge in [-0.15, -0.1) is 0 Å². The Morgan fingerprint density at radius 3 is 1.49 bits per heavy atom. The maximum absolute atomic E-state index is 10.2. The predicted octanol–water partition coefficient (Wildman–Crippen LogP) is 10.9. The molecular formula is C44H49BrMgO5. The van der Waals surface area contributed by atoms with E-state index in [1.54, 1.807) is 12.1 Å². The number of hydrogen-bond acceptors (Lipinski definition) is 5. The van der Waals surface area contributed by atoms with E-state index in [1.807, 2.05) is 109 Å². The molecule has 0 radical (unpaired) electrons. The van der Waals surface area contributed by atoms with Gasteiger partial charge < -0.3 is 22.5 Å². The van der Waals surface area contributed by atoms with E-state index in [0.29, 0.717) is 24.7 Å². The quantitative estimate of drug-likeness (QED) is 0.154. The summed E-state index contributed by atoms with van der Waals surface area (Å²) < 4.78 is 12.4. The molecule has 0 atom stereocenters. The molecule has 0 aliphatic heterocycles. The van der Waals surface area contributed by atoms with Gasteiger partial charge in [0.15, 0.2) is 0 Å². The van der Waals surface area contributed by atoms with Crippen LogP contribution in [0.15, 0.2) is 138 Å². The average molecular weight is 762 g/mol. The number of aromatic hydroxyl groups is 1. The van der Waals surface area contributed by atoms with Crippen molar-refractivity contribution in [2.75, 3.05) is 0 Å². The Morgan fingerprint density at radius 2 is 1.12 bits per heavy atom. The van der Waals surface area contributed by atoms with Gasteiger partial charge in [0.1, 0.15) is 36.2 Å². The van der Waals surface area contributed by atoms with E-state index < -0.39 is 5.60 Å². The molecule has 0 saturated heterocycles. The molecule has 51 heavy (non-hydrogen) atoms. The van der Waals surface area contributed by atoms with Crippen LogP contribution in [0.25, 0.3) is 0 Å². The maximum Gasteiger partial charge on any atom is 2.00 e. The van der Waals surface area contributed by atoms with Crippen molar-refractivity contribution < 1.29 is 27.3 Å². The van der Waals surface area contributed by atoms with Crippen LogP contribution >= 0.6 is 15.9 Å². The van der Waals surface area contributed by atoms with Gasteiger partial charge in [-0.05, 0) is 115 Å². The summed E-state index contributed by atoms with van der Waals surface area (Å²) in [5, 5.41) is 19.3. The molecule has 0 heterocycles. The fraction of sp³-hybridized carbons (Fsp3) is 0.295. The molecule has 7 heteroatoms. The Balaban J connectivity index is 0.000000257. The van der Waals surface area contributed by atoms with E-state index in [2.05, 4.69) is 28.1 Å². The number of Topliss-reactive ketones (excluding diaryl/α,β-unsaturated/α-hetero) is 1. The molecule has 3 aliphatic rings. The predicted molar refractivity (Wildman–Crippen MR) is 211 cm³/mol. The van der Waals surface area contributed by atoms with Gasteiger partial charge in [-0.3, -0.25) is 4.79 Å². The minimum absolute atomic E-state index is 0. The van der Waals surface area contributed by atoms with Gasteiger partial charge in [-0.25, -0.2) is 0 Å². The minimum atomic E-state index is -0.585. The molecule has 0 spiro atoms. The molecule has 5 aromatic rings. The number of carbonyl (C=O) groups excluding carboxylic acids is 1. The second kappa shape index (κ2) is 21.0. The summed E-state index contributed by atoms with van der Waals surface area (Å²) in [7, 11) is 0. The summed E-state index contributed by atoms with van der Waals surface area (Å²) in [4.78, 5) is 9.90. The van der Waals surface area contributed by atoms with Crippen LogP contribution in [-0.4, -0.2) is 39.0 Å². The first-order chi connectivity index (χ1) is 24.4. The van der Waals surface area contributed by atoms with Crippen molar-refractivity contribution in [3.8, 4) is 17.2 Å². The van der Waals surface area contributed by atoms with Gasteiger partial charge in [0.2, 0.25) is 0 Å². The van der Waals surface area contributed by atoms with Crippen molar-refractivity contribution in [3.05, 3.63) is 160 Å². The summed E-state index contributed by atoms with van der Waals surface area (Å²) >= 11 is 3.39. The monoisotopic (exact) mass is 760 g/mol. The van der Waals surface area contributed by atoms with Crippen molar-refractivity contribution in [2.24, 2.45) is 0 Å². The molecule has 2 N–H and O–H groups in total. The first kappa shape index (κ1) is 40.2. The molecule has 8 rings (SSSR count). The summed E-state index contributed by atoms with van der Waals surface area (Å²) in [6.07, 6.45) is 9.71. The van der Waals surface area contributed by atoms with E-state index in [1.165, 1.54) is 30.4 Å². The Labute approximate surface area is 330 Å². The molecule has 264 valence electrons. The van der Waals surface area contributed by atoms with E-state index in [-0.39, 0.29) is 25.9 Å². The number of phenolic OH excluding ortho intramolecular Hbond substituents is 1. The smallest absolute Gasteiger partial charge is 1.00 e. The number of benzene rings is 5. The number of halogens is 1. The Hall–Kier alpha value is -3.62. The number of phenols is 1. The summed E-state index contributed by atoms with van der Waals surface area (Å²) in [5.74, 6) is 3.31.